The highest BCUT2D eigenvalue weighted by atomic mass is 35.5. The topological polar surface area (TPSA) is 106 Å². The fraction of sp³-hybridized carbons (Fsp3) is 0.421. The van der Waals surface area contributed by atoms with Crippen LogP contribution in [0.2, 0.25) is 5.02 Å². The van der Waals surface area contributed by atoms with E-state index in [1.807, 2.05) is 0 Å². The number of nitrogens with one attached hydrogen (secondary N) is 1. The Labute approximate surface area is 161 Å². The van der Waals surface area contributed by atoms with E-state index in [0.717, 1.165) is 0 Å². The van der Waals surface area contributed by atoms with Gasteiger partial charge in [-0.15, -0.1) is 0 Å². The molecule has 2 N–H and O–H groups in total. The first-order chi connectivity index (χ1) is 12.8. The van der Waals surface area contributed by atoms with E-state index < -0.39 is 11.6 Å². The average molecular weight is 396 g/mol. The Morgan fingerprint density at radius 2 is 2.00 bits per heavy atom. The third-order valence-corrected chi connectivity index (χ3v) is 4.58. The Kier molecular flexibility index (Phi) is 7.24. The highest BCUT2D eigenvalue weighted by Crippen LogP contribution is 2.31. The van der Waals surface area contributed by atoms with E-state index in [1.165, 1.54) is 7.11 Å². The van der Waals surface area contributed by atoms with Crippen molar-refractivity contribution in [1.29, 1.82) is 0 Å². The molecule has 0 radical (unpaired) electrons. The quantitative estimate of drug-likeness (QED) is 0.499. The fourth-order valence-corrected chi connectivity index (χ4v) is 3.02. The molecule has 7 nitrogen and oxygen atoms in total. The average Bonchev–Trinajstić information content (AvgIpc) is 2.61. The zero-order valence-electron chi connectivity index (χ0n) is 15.3. The van der Waals surface area contributed by atoms with Crippen molar-refractivity contribution in [3.8, 4) is 5.75 Å². The number of unbranched alkanes of at least 4 members (excludes halogenated alkanes) is 2. The number of fused-ring (bicyclic) bond motifs is 1. The van der Waals surface area contributed by atoms with E-state index in [2.05, 4.69) is 5.32 Å². The number of carbonyl (C=O) groups excluding carboxylic acids is 1. The van der Waals surface area contributed by atoms with E-state index in [4.69, 9.17) is 25.9 Å². The van der Waals surface area contributed by atoms with E-state index in [-0.39, 0.29) is 24.3 Å². The van der Waals surface area contributed by atoms with Crippen molar-refractivity contribution >= 4 is 34.4 Å². The predicted octanol–water partition coefficient (Wildman–Crippen LogP) is 3.07. The van der Waals surface area contributed by atoms with Crippen LogP contribution in [-0.4, -0.2) is 30.6 Å². The Balaban J connectivity index is 2.04. The molecule has 1 aromatic heterocycles. The summed E-state index contributed by atoms with van der Waals surface area (Å²) in [6.45, 7) is 2.18. The smallest absolute Gasteiger partial charge is 0.340 e. The lowest BCUT2D eigenvalue weighted by Crippen LogP contribution is -2.28. The summed E-state index contributed by atoms with van der Waals surface area (Å²) >= 11 is 6.14. The zero-order chi connectivity index (χ0) is 20.0. The first kappa shape index (κ1) is 20.8. The van der Waals surface area contributed by atoms with Gasteiger partial charge in [0.25, 0.3) is 0 Å². The van der Waals surface area contributed by atoms with E-state index in [1.54, 1.807) is 19.1 Å². The molecule has 0 fully saturated rings. The lowest BCUT2D eigenvalue weighted by Gasteiger charge is -2.10. The number of aryl methyl sites for hydroxylation is 1. The lowest BCUT2D eigenvalue weighted by molar-refractivity contribution is -0.137. The number of methoxy groups -OCH3 is 1. The minimum Gasteiger partial charge on any atom is -0.495 e. The van der Waals surface area contributed by atoms with Gasteiger partial charge in [0.15, 0.2) is 0 Å². The van der Waals surface area contributed by atoms with Crippen LogP contribution in [0.3, 0.4) is 0 Å². The molecule has 27 heavy (non-hydrogen) atoms. The third-order valence-electron chi connectivity index (χ3n) is 4.29. The molecule has 0 spiro atoms. The number of amides is 1. The van der Waals surface area contributed by atoms with E-state index in [0.29, 0.717) is 53.1 Å². The highest BCUT2D eigenvalue weighted by Gasteiger charge is 2.16. The van der Waals surface area contributed by atoms with Gasteiger partial charge in [-0.05, 0) is 31.4 Å². The summed E-state index contributed by atoms with van der Waals surface area (Å²) < 4.78 is 10.4. The number of ether oxygens (including phenoxy) is 1. The summed E-state index contributed by atoms with van der Waals surface area (Å²) in [5, 5.41) is 12.3. The molecule has 0 bridgehead atoms. The molecule has 2 aromatic rings. The Morgan fingerprint density at radius 3 is 2.67 bits per heavy atom. The van der Waals surface area contributed by atoms with Gasteiger partial charge < -0.3 is 19.6 Å². The Hall–Kier alpha value is -2.54. The molecule has 0 aliphatic heterocycles. The lowest BCUT2D eigenvalue weighted by atomic mass is 10.0. The van der Waals surface area contributed by atoms with Crippen LogP contribution in [0.5, 0.6) is 5.75 Å². The first-order valence-corrected chi connectivity index (χ1v) is 8.99. The number of carbonyl (C=O) groups is 2. The molecule has 0 unspecified atom stereocenters. The van der Waals surface area contributed by atoms with Crippen molar-refractivity contribution in [3.05, 3.63) is 38.7 Å². The first-order valence-electron chi connectivity index (χ1n) is 8.61. The van der Waals surface area contributed by atoms with Gasteiger partial charge in [-0.2, -0.15) is 0 Å². The minimum atomic E-state index is -0.824. The van der Waals surface area contributed by atoms with E-state index in [9.17, 15) is 14.4 Å². The zero-order valence-corrected chi connectivity index (χ0v) is 16.0. The third kappa shape index (κ3) is 5.47. The van der Waals surface area contributed by atoms with Crippen LogP contribution < -0.4 is 15.7 Å². The van der Waals surface area contributed by atoms with Crippen LogP contribution in [0, 0.1) is 6.92 Å². The molecule has 0 atom stereocenters. The van der Waals surface area contributed by atoms with Crippen LogP contribution >= 0.6 is 11.6 Å². The van der Waals surface area contributed by atoms with Gasteiger partial charge in [0.2, 0.25) is 5.91 Å². The van der Waals surface area contributed by atoms with Gasteiger partial charge >= 0.3 is 11.6 Å². The predicted molar refractivity (Wildman–Crippen MR) is 102 cm³/mol. The largest absolute Gasteiger partial charge is 0.495 e. The van der Waals surface area contributed by atoms with Crippen LogP contribution in [-0.2, 0) is 16.0 Å². The van der Waals surface area contributed by atoms with Gasteiger partial charge in [0.05, 0.1) is 24.1 Å². The summed E-state index contributed by atoms with van der Waals surface area (Å²) in [5.74, 6) is -0.710. The van der Waals surface area contributed by atoms with Crippen molar-refractivity contribution in [2.24, 2.45) is 0 Å². The summed E-state index contributed by atoms with van der Waals surface area (Å²) in [6, 6.07) is 3.20. The van der Waals surface area contributed by atoms with Crippen LogP contribution in [0.4, 0.5) is 0 Å². The van der Waals surface area contributed by atoms with Gasteiger partial charge in [-0.1, -0.05) is 18.0 Å². The summed E-state index contributed by atoms with van der Waals surface area (Å²) in [7, 11) is 1.47. The minimum absolute atomic E-state index is 0.0944. The molecule has 0 saturated heterocycles. The van der Waals surface area contributed by atoms with Crippen molar-refractivity contribution < 1.29 is 23.8 Å². The SMILES string of the molecule is COc1cc2oc(=O)c(CC(=O)NCCCCCC(=O)O)c(C)c2cc1Cl. The monoisotopic (exact) mass is 395 g/mol. The van der Waals surface area contributed by atoms with Gasteiger partial charge in [0.1, 0.15) is 11.3 Å². The van der Waals surface area contributed by atoms with Gasteiger partial charge in [-0.3, -0.25) is 9.59 Å². The fourth-order valence-electron chi connectivity index (χ4n) is 2.78. The number of halogens is 1. The standard InChI is InChI=1S/C19H22ClNO6/c1-11-12-8-14(20)16(26-2)10-15(12)27-19(25)13(11)9-17(22)21-7-5-3-4-6-18(23)24/h8,10H,3-7,9H2,1-2H3,(H,21,22)(H,23,24). The Bertz CT molecular complexity index is 905. The maximum absolute atomic E-state index is 12.3. The van der Waals surface area contributed by atoms with Crippen LogP contribution in [0.1, 0.15) is 36.8 Å². The van der Waals surface area contributed by atoms with Crippen molar-refractivity contribution in [2.75, 3.05) is 13.7 Å². The van der Waals surface area contributed by atoms with E-state index >= 15 is 0 Å². The molecule has 0 saturated carbocycles. The number of benzene rings is 1. The number of rotatable bonds is 9. The maximum atomic E-state index is 12.3. The van der Waals surface area contributed by atoms with Crippen molar-refractivity contribution in [3.63, 3.8) is 0 Å². The molecule has 0 aliphatic carbocycles. The number of aliphatic carboxylic acids is 1. The van der Waals surface area contributed by atoms with Gasteiger partial charge in [0, 0.05) is 24.4 Å². The molecule has 2 rings (SSSR count). The molecule has 146 valence electrons. The van der Waals surface area contributed by atoms with Crippen molar-refractivity contribution in [1.82, 2.24) is 5.32 Å². The van der Waals surface area contributed by atoms with Gasteiger partial charge in [-0.25, -0.2) is 4.79 Å². The molecule has 1 aromatic carbocycles. The molecular formula is C19H22ClNO6. The normalized spacial score (nSPS) is 10.8. The number of hydrogen-bond donors (Lipinski definition) is 2. The second-order valence-corrected chi connectivity index (χ2v) is 6.61. The number of carboxylic acid groups (broad SMARTS) is 1. The molecule has 8 heteroatoms. The molecular weight excluding hydrogens is 374 g/mol. The summed E-state index contributed by atoms with van der Waals surface area (Å²) in [5.41, 5.74) is 0.705. The van der Waals surface area contributed by atoms with Crippen LogP contribution in [0.25, 0.3) is 11.0 Å². The van der Waals surface area contributed by atoms with Crippen LogP contribution in [0.15, 0.2) is 21.3 Å². The molecule has 1 amide bonds. The number of carboxylic acids is 1. The van der Waals surface area contributed by atoms with Crippen molar-refractivity contribution in [2.45, 2.75) is 39.0 Å². The summed E-state index contributed by atoms with van der Waals surface area (Å²) in [6.07, 6.45) is 1.99. The molecule has 0 aliphatic rings. The summed E-state index contributed by atoms with van der Waals surface area (Å²) in [4.78, 5) is 34.8. The highest BCUT2D eigenvalue weighted by molar-refractivity contribution is 6.32. The second kappa shape index (κ2) is 9.41. The molecule has 1 heterocycles. The second-order valence-electron chi connectivity index (χ2n) is 6.21. The maximum Gasteiger partial charge on any atom is 0.340 e. The number of hydrogen-bond acceptors (Lipinski definition) is 5. The Morgan fingerprint density at radius 1 is 1.26 bits per heavy atom.